The minimum absolute atomic E-state index is 0.221. The Labute approximate surface area is 127 Å². The van der Waals surface area contributed by atoms with Crippen LogP contribution in [0.2, 0.25) is 0 Å². The Balaban J connectivity index is 2.53. The van der Waals surface area contributed by atoms with Crippen LogP contribution in [0.25, 0.3) is 0 Å². The Morgan fingerprint density at radius 2 is 1.75 bits per heavy atom. The molecule has 0 amide bonds. The Morgan fingerprint density at radius 1 is 1.15 bits per heavy atom. The van der Waals surface area contributed by atoms with Crippen molar-refractivity contribution in [3.05, 3.63) is 0 Å². The normalized spacial score (nSPS) is 19.6. The molecule has 1 N–H and O–H groups in total. The number of hydrogen-bond acceptors (Lipinski definition) is 2. The Morgan fingerprint density at radius 3 is 2.15 bits per heavy atom. The van der Waals surface area contributed by atoms with Crippen LogP contribution in [-0.4, -0.2) is 36.1 Å². The maximum atomic E-state index is 3.72. The summed E-state index contributed by atoms with van der Waals surface area (Å²) in [5.41, 5.74) is 0.617. The Bertz CT molecular complexity index is 276. The topological polar surface area (TPSA) is 15.3 Å². The highest BCUT2D eigenvalue weighted by atomic mass is 15.2. The molecule has 0 spiro atoms. The fraction of sp³-hybridized carbons (Fsp3) is 1.00. The molecule has 1 saturated carbocycles. The van der Waals surface area contributed by atoms with Gasteiger partial charge in [-0.15, -0.1) is 0 Å². The Kier molecular flexibility index (Phi) is 6.53. The fourth-order valence-corrected chi connectivity index (χ4v) is 2.52. The van der Waals surface area contributed by atoms with Gasteiger partial charge in [0.2, 0.25) is 0 Å². The highest BCUT2D eigenvalue weighted by Crippen LogP contribution is 2.32. The zero-order chi connectivity index (χ0) is 15.4. The third-order valence-corrected chi connectivity index (χ3v) is 4.54. The number of hydrogen-bond donors (Lipinski definition) is 1. The van der Waals surface area contributed by atoms with Crippen LogP contribution in [0.3, 0.4) is 0 Å². The number of rotatable bonds is 9. The molecule has 1 aliphatic carbocycles. The lowest BCUT2D eigenvalue weighted by Gasteiger charge is -2.38. The van der Waals surface area contributed by atoms with Gasteiger partial charge in [0.1, 0.15) is 0 Å². The van der Waals surface area contributed by atoms with Crippen LogP contribution in [-0.2, 0) is 0 Å². The molecule has 0 aliphatic heterocycles. The molecular formula is C18H38N2. The van der Waals surface area contributed by atoms with Gasteiger partial charge in [-0.3, -0.25) is 4.90 Å². The van der Waals surface area contributed by atoms with E-state index in [0.717, 1.165) is 18.5 Å². The molecule has 0 aromatic carbocycles. The highest BCUT2D eigenvalue weighted by molar-refractivity contribution is 4.90. The number of nitrogens with one attached hydrogen (secondary N) is 1. The Hall–Kier alpha value is -0.0800. The second kappa shape index (κ2) is 7.26. The molecule has 1 atom stereocenters. The maximum Gasteiger partial charge on any atom is 0.00967 e. The lowest BCUT2D eigenvalue weighted by molar-refractivity contribution is 0.135. The minimum atomic E-state index is 0.221. The van der Waals surface area contributed by atoms with E-state index >= 15 is 0 Å². The van der Waals surface area contributed by atoms with Gasteiger partial charge in [0, 0.05) is 24.7 Å². The standard InChI is InChI=1S/C18H38N2/c1-8-18(7,13-19-17(4,5)6)14-20(16-9-10-16)12-11-15(2)3/h15-16,19H,8-14H2,1-7H3. The molecular weight excluding hydrogens is 244 g/mol. The molecule has 1 aliphatic rings. The van der Waals surface area contributed by atoms with Gasteiger partial charge in [0.05, 0.1) is 0 Å². The fourth-order valence-electron chi connectivity index (χ4n) is 2.52. The van der Waals surface area contributed by atoms with E-state index in [9.17, 15) is 0 Å². The van der Waals surface area contributed by atoms with E-state index in [1.165, 1.54) is 38.8 Å². The molecule has 0 aromatic rings. The average molecular weight is 283 g/mol. The largest absolute Gasteiger partial charge is 0.311 e. The molecule has 1 rings (SSSR count). The summed E-state index contributed by atoms with van der Waals surface area (Å²) in [4.78, 5) is 2.77. The zero-order valence-corrected chi connectivity index (χ0v) is 15.1. The third kappa shape index (κ3) is 7.08. The first-order valence-corrected chi connectivity index (χ1v) is 8.64. The van der Waals surface area contributed by atoms with Gasteiger partial charge in [0.15, 0.2) is 0 Å². The van der Waals surface area contributed by atoms with E-state index in [1.54, 1.807) is 0 Å². The average Bonchev–Trinajstić information content (AvgIpc) is 3.15. The van der Waals surface area contributed by atoms with Crippen molar-refractivity contribution in [2.45, 2.75) is 85.7 Å². The molecule has 20 heavy (non-hydrogen) atoms. The predicted molar refractivity (Wildman–Crippen MR) is 90.2 cm³/mol. The summed E-state index contributed by atoms with van der Waals surface area (Å²) in [6.07, 6.45) is 5.43. The van der Waals surface area contributed by atoms with Crippen LogP contribution in [0, 0.1) is 11.3 Å². The molecule has 1 fully saturated rings. The SMILES string of the molecule is CCC(C)(CNC(C)(C)C)CN(CCC(C)C)C1CC1. The molecule has 2 nitrogen and oxygen atoms in total. The van der Waals surface area contributed by atoms with Crippen molar-refractivity contribution in [3.63, 3.8) is 0 Å². The van der Waals surface area contributed by atoms with Crippen LogP contribution in [0.1, 0.15) is 74.1 Å². The van der Waals surface area contributed by atoms with Gasteiger partial charge in [0.25, 0.3) is 0 Å². The van der Waals surface area contributed by atoms with Crippen molar-refractivity contribution in [2.75, 3.05) is 19.6 Å². The van der Waals surface area contributed by atoms with Gasteiger partial charge >= 0.3 is 0 Å². The summed E-state index contributed by atoms with van der Waals surface area (Å²) in [5.74, 6) is 0.817. The summed E-state index contributed by atoms with van der Waals surface area (Å²) >= 11 is 0. The highest BCUT2D eigenvalue weighted by Gasteiger charge is 2.34. The smallest absolute Gasteiger partial charge is 0.00967 e. The summed E-state index contributed by atoms with van der Waals surface area (Å²) < 4.78 is 0. The van der Waals surface area contributed by atoms with Crippen LogP contribution in [0.5, 0.6) is 0 Å². The van der Waals surface area contributed by atoms with Crippen molar-refractivity contribution in [3.8, 4) is 0 Å². The second-order valence-electron chi connectivity index (χ2n) is 8.65. The van der Waals surface area contributed by atoms with E-state index in [0.29, 0.717) is 5.41 Å². The van der Waals surface area contributed by atoms with Crippen LogP contribution in [0.15, 0.2) is 0 Å². The maximum absolute atomic E-state index is 3.72. The lowest BCUT2D eigenvalue weighted by atomic mass is 9.85. The van der Waals surface area contributed by atoms with Crippen molar-refractivity contribution < 1.29 is 0 Å². The molecule has 0 aromatic heterocycles. The first-order chi connectivity index (χ1) is 9.15. The van der Waals surface area contributed by atoms with Crippen molar-refractivity contribution in [1.29, 1.82) is 0 Å². The number of nitrogens with zero attached hydrogens (tertiary/aromatic N) is 1. The van der Waals surface area contributed by atoms with E-state index in [-0.39, 0.29) is 5.54 Å². The molecule has 0 saturated heterocycles. The van der Waals surface area contributed by atoms with Gasteiger partial charge in [-0.25, -0.2) is 0 Å². The van der Waals surface area contributed by atoms with Crippen molar-refractivity contribution in [2.24, 2.45) is 11.3 Å². The van der Waals surface area contributed by atoms with E-state index in [1.807, 2.05) is 0 Å². The van der Waals surface area contributed by atoms with E-state index in [4.69, 9.17) is 0 Å². The first kappa shape index (κ1) is 18.0. The summed E-state index contributed by atoms with van der Waals surface area (Å²) in [6.45, 7) is 19.9. The van der Waals surface area contributed by atoms with Crippen LogP contribution >= 0.6 is 0 Å². The van der Waals surface area contributed by atoms with Gasteiger partial charge in [-0.05, 0) is 64.3 Å². The summed E-state index contributed by atoms with van der Waals surface area (Å²) in [5, 5.41) is 3.72. The first-order valence-electron chi connectivity index (χ1n) is 8.64. The summed E-state index contributed by atoms with van der Waals surface area (Å²) in [7, 11) is 0. The van der Waals surface area contributed by atoms with Crippen LogP contribution in [0.4, 0.5) is 0 Å². The van der Waals surface area contributed by atoms with Crippen molar-refractivity contribution in [1.82, 2.24) is 10.2 Å². The monoisotopic (exact) mass is 282 g/mol. The quantitative estimate of drug-likeness (QED) is 0.678. The molecule has 0 bridgehead atoms. The predicted octanol–water partition coefficient (Wildman–Crippen LogP) is 4.30. The van der Waals surface area contributed by atoms with Crippen molar-refractivity contribution >= 4 is 0 Å². The van der Waals surface area contributed by atoms with Gasteiger partial charge in [-0.1, -0.05) is 27.7 Å². The molecule has 1 unspecified atom stereocenters. The third-order valence-electron chi connectivity index (χ3n) is 4.54. The van der Waals surface area contributed by atoms with Gasteiger partial charge in [-0.2, -0.15) is 0 Å². The van der Waals surface area contributed by atoms with Crippen LogP contribution < -0.4 is 5.32 Å². The lowest BCUT2D eigenvalue weighted by Crippen LogP contribution is -2.48. The van der Waals surface area contributed by atoms with E-state index < -0.39 is 0 Å². The molecule has 2 heteroatoms. The van der Waals surface area contributed by atoms with Gasteiger partial charge < -0.3 is 5.32 Å². The molecule has 0 radical (unpaired) electrons. The molecule has 120 valence electrons. The summed E-state index contributed by atoms with van der Waals surface area (Å²) in [6, 6.07) is 0.884. The molecule has 0 heterocycles. The minimum Gasteiger partial charge on any atom is -0.311 e. The van der Waals surface area contributed by atoms with E-state index in [2.05, 4.69) is 58.7 Å². The second-order valence-corrected chi connectivity index (χ2v) is 8.65. The zero-order valence-electron chi connectivity index (χ0n) is 15.1.